The van der Waals surface area contributed by atoms with Gasteiger partial charge in [0, 0.05) is 6.54 Å². The van der Waals surface area contributed by atoms with Gasteiger partial charge in [-0.3, -0.25) is 5.32 Å². The maximum Gasteiger partial charge on any atom is 0.460 e. The summed E-state index contributed by atoms with van der Waals surface area (Å²) >= 11 is 0. The quantitative estimate of drug-likeness (QED) is 0.110. The molecule has 0 fully saturated rings. The van der Waals surface area contributed by atoms with Crippen LogP contribution in [0.4, 0.5) is 114 Å². The van der Waals surface area contributed by atoms with E-state index in [-0.39, 0.29) is 5.32 Å². The van der Waals surface area contributed by atoms with E-state index in [1.165, 1.54) is 0 Å². The van der Waals surface area contributed by atoms with Crippen molar-refractivity contribution in [2.24, 2.45) is 0 Å². The molecule has 0 bridgehead atoms. The second kappa shape index (κ2) is 11.9. The van der Waals surface area contributed by atoms with Gasteiger partial charge in [0.15, 0.2) is 0 Å². The van der Waals surface area contributed by atoms with Crippen LogP contribution < -0.4 is 5.32 Å². The molecule has 0 aliphatic rings. The van der Waals surface area contributed by atoms with Gasteiger partial charge < -0.3 is 4.90 Å². The number of hydrogen-bond acceptors (Lipinski definition) is 3. The zero-order chi connectivity index (χ0) is 38.0. The SMILES string of the molecule is CN(C)CCCNC(F)(F)C(F)(C(F)(F)F)C(F)(F)N(C(F)(F)C(F)(F)C(F)(F)C(F)(F)F)C(F)(F)C(F)(F)C(F)(F)C(F)(F)F. The Balaban J connectivity index is 8.33. The van der Waals surface area contributed by atoms with Gasteiger partial charge in [-0.25, -0.2) is 4.39 Å². The maximum absolute atomic E-state index is 14.9. The summed E-state index contributed by atoms with van der Waals surface area (Å²) in [4.78, 5) is -5.06. The fourth-order valence-electron chi connectivity index (χ4n) is 3.00. The van der Waals surface area contributed by atoms with Gasteiger partial charge in [-0.05, 0) is 27.1 Å². The molecule has 0 heterocycles. The molecular weight excluding hydrogens is 740 g/mol. The number of rotatable bonds is 14. The van der Waals surface area contributed by atoms with Gasteiger partial charge in [-0.1, -0.05) is 0 Å². The minimum atomic E-state index is -9.76. The van der Waals surface area contributed by atoms with Crippen LogP contribution >= 0.6 is 0 Å². The van der Waals surface area contributed by atoms with Crippen molar-refractivity contribution in [2.45, 2.75) is 78.5 Å². The second-order valence-corrected chi connectivity index (χ2v) is 9.07. The highest BCUT2D eigenvalue weighted by Crippen LogP contribution is 2.66. The van der Waals surface area contributed by atoms with E-state index < -0.39 is 96.5 Å². The molecule has 0 amide bonds. The largest absolute Gasteiger partial charge is 0.460 e. The van der Waals surface area contributed by atoms with Crippen molar-refractivity contribution in [3.63, 3.8) is 0 Å². The molecule has 0 aromatic carbocycles. The van der Waals surface area contributed by atoms with E-state index in [1.807, 2.05) is 0 Å². The van der Waals surface area contributed by atoms with Crippen LogP contribution in [0.1, 0.15) is 6.42 Å². The highest BCUT2D eigenvalue weighted by molar-refractivity contribution is 5.15. The molecule has 0 aromatic rings. The Labute approximate surface area is 236 Å². The van der Waals surface area contributed by atoms with Crippen molar-refractivity contribution >= 4 is 0 Å². The normalized spacial score (nSPS) is 17.6. The minimum Gasteiger partial charge on any atom is -0.309 e. The summed E-state index contributed by atoms with van der Waals surface area (Å²) in [5.74, 6) is -36.8. The van der Waals surface area contributed by atoms with E-state index in [1.54, 1.807) is 0 Å². The molecule has 0 aromatic heterocycles. The van der Waals surface area contributed by atoms with E-state index >= 15 is 0 Å². The highest BCUT2D eigenvalue weighted by Gasteiger charge is 2.97. The number of halogens is 26. The monoisotopic (exact) mass is 753 g/mol. The predicted octanol–water partition coefficient (Wildman–Crippen LogP) is 8.14. The van der Waals surface area contributed by atoms with E-state index in [2.05, 4.69) is 0 Å². The first-order valence-corrected chi connectivity index (χ1v) is 10.6. The Morgan fingerprint density at radius 3 is 0.957 bits per heavy atom. The Morgan fingerprint density at radius 1 is 0.413 bits per heavy atom. The lowest BCUT2D eigenvalue weighted by Crippen LogP contribution is -2.84. The minimum absolute atomic E-state index is 0.271. The van der Waals surface area contributed by atoms with Gasteiger partial charge in [0.25, 0.3) is 0 Å². The molecule has 1 atom stereocenters. The van der Waals surface area contributed by atoms with Crippen molar-refractivity contribution < 1.29 is 114 Å². The molecule has 1 N–H and O–H groups in total. The Morgan fingerprint density at radius 2 is 0.717 bits per heavy atom. The van der Waals surface area contributed by atoms with Crippen LogP contribution in [0.15, 0.2) is 0 Å². The summed E-state index contributed by atoms with van der Waals surface area (Å²) in [6.07, 6.45) is -26.6. The standard InChI is InChI=1S/C17H13F26N3/c1-45(2)5-3-4-44-14(36,37)6(18,11(27,28)29)15(38,39)46(16(40,41)9(23,24)7(19,20)12(30,31)32)17(42,43)10(25,26)8(21,22)13(33,34)35/h44H,3-5H2,1-2H3. The Kier molecular flexibility index (Phi) is 11.4. The van der Waals surface area contributed by atoms with Crippen molar-refractivity contribution in [3.8, 4) is 0 Å². The Hall–Kier alpha value is -1.94. The highest BCUT2D eigenvalue weighted by atomic mass is 19.4. The molecule has 0 spiro atoms. The fraction of sp³-hybridized carbons (Fsp3) is 1.00. The van der Waals surface area contributed by atoms with Gasteiger partial charge in [0.1, 0.15) is 0 Å². The lowest BCUT2D eigenvalue weighted by Gasteiger charge is -2.51. The number of nitrogens with zero attached hydrogens (tertiary/aromatic N) is 2. The van der Waals surface area contributed by atoms with Gasteiger partial charge in [-0.2, -0.15) is 110 Å². The number of hydrogen-bond donors (Lipinski definition) is 1. The van der Waals surface area contributed by atoms with Crippen molar-refractivity contribution in [1.29, 1.82) is 0 Å². The zero-order valence-electron chi connectivity index (χ0n) is 21.3. The van der Waals surface area contributed by atoms with Gasteiger partial charge in [0.2, 0.25) is 0 Å². The molecule has 0 aliphatic heterocycles. The molecule has 0 saturated heterocycles. The summed E-state index contributed by atoms with van der Waals surface area (Å²) in [5.41, 5.74) is -8.99. The van der Waals surface area contributed by atoms with Crippen molar-refractivity contribution in [2.75, 3.05) is 27.2 Å². The van der Waals surface area contributed by atoms with Crippen LogP contribution in [0.2, 0.25) is 0 Å². The topological polar surface area (TPSA) is 18.5 Å². The molecule has 278 valence electrons. The third-order valence-corrected chi connectivity index (χ3v) is 5.47. The van der Waals surface area contributed by atoms with Crippen molar-refractivity contribution in [3.05, 3.63) is 0 Å². The van der Waals surface area contributed by atoms with Gasteiger partial charge in [0.05, 0.1) is 0 Å². The van der Waals surface area contributed by atoms with Crippen LogP contribution in [-0.2, 0) is 0 Å². The smallest absolute Gasteiger partial charge is 0.309 e. The Bertz CT molecular complexity index is 988. The average Bonchev–Trinajstić information content (AvgIpc) is 2.77. The van der Waals surface area contributed by atoms with Gasteiger partial charge >= 0.3 is 72.1 Å². The fourth-order valence-corrected chi connectivity index (χ4v) is 3.00. The maximum atomic E-state index is 14.9. The molecule has 0 aliphatic carbocycles. The van der Waals surface area contributed by atoms with E-state index in [0.29, 0.717) is 0 Å². The lowest BCUT2D eigenvalue weighted by atomic mass is 9.94. The third kappa shape index (κ3) is 6.42. The van der Waals surface area contributed by atoms with E-state index in [9.17, 15) is 114 Å². The zero-order valence-corrected chi connectivity index (χ0v) is 21.3. The molecule has 46 heavy (non-hydrogen) atoms. The summed E-state index contributed by atoms with van der Waals surface area (Å²) in [6.45, 7) is -2.68. The van der Waals surface area contributed by atoms with Crippen LogP contribution in [-0.4, -0.2) is 109 Å². The van der Waals surface area contributed by atoms with Crippen LogP contribution in [0.25, 0.3) is 0 Å². The van der Waals surface area contributed by atoms with Crippen LogP contribution in [0.3, 0.4) is 0 Å². The predicted molar refractivity (Wildman–Crippen MR) is 94.6 cm³/mol. The lowest BCUT2D eigenvalue weighted by molar-refractivity contribution is -0.526. The molecule has 1 unspecified atom stereocenters. The molecule has 0 rings (SSSR count). The number of nitrogens with one attached hydrogen (secondary N) is 1. The summed E-state index contributed by atoms with van der Waals surface area (Å²) in [7, 11) is 2.05. The summed E-state index contributed by atoms with van der Waals surface area (Å²) in [6, 6.07) is -36.8. The summed E-state index contributed by atoms with van der Waals surface area (Å²) in [5, 5.41) is -0.271. The van der Waals surface area contributed by atoms with E-state index in [0.717, 1.165) is 19.0 Å². The van der Waals surface area contributed by atoms with Crippen LogP contribution in [0.5, 0.6) is 0 Å². The molecular formula is C17H13F26N3. The van der Waals surface area contributed by atoms with Gasteiger partial charge in [-0.15, -0.1) is 4.90 Å². The molecule has 3 nitrogen and oxygen atoms in total. The second-order valence-electron chi connectivity index (χ2n) is 9.07. The molecule has 0 saturated carbocycles. The number of alkyl halides is 26. The average molecular weight is 753 g/mol. The van der Waals surface area contributed by atoms with Crippen LogP contribution in [0, 0.1) is 0 Å². The first kappa shape index (κ1) is 44.1. The summed E-state index contributed by atoms with van der Waals surface area (Å²) < 4.78 is 353. The third-order valence-electron chi connectivity index (χ3n) is 5.47. The first-order chi connectivity index (χ1) is 19.5. The van der Waals surface area contributed by atoms with Crippen molar-refractivity contribution in [1.82, 2.24) is 15.1 Å². The molecule has 29 heteroatoms. The molecule has 0 radical (unpaired) electrons. The first-order valence-electron chi connectivity index (χ1n) is 10.6. The van der Waals surface area contributed by atoms with E-state index in [4.69, 9.17) is 0 Å².